The predicted molar refractivity (Wildman–Crippen MR) is 73.7 cm³/mol. The highest BCUT2D eigenvalue weighted by atomic mass is 16.7. The molecule has 0 radical (unpaired) electrons. The van der Waals surface area contributed by atoms with Gasteiger partial charge >= 0.3 is 6.09 Å². The first-order chi connectivity index (χ1) is 8.72. The second-order valence-corrected chi connectivity index (χ2v) is 5.14. The van der Waals surface area contributed by atoms with Gasteiger partial charge < -0.3 is 5.32 Å². The molecule has 18 heavy (non-hydrogen) atoms. The Kier molecular flexibility index (Phi) is 7.46. The van der Waals surface area contributed by atoms with E-state index in [4.69, 9.17) is 4.84 Å². The molecule has 0 unspecified atom stereocenters. The Morgan fingerprint density at radius 3 is 2.67 bits per heavy atom. The lowest BCUT2D eigenvalue weighted by atomic mass is 9.96. The summed E-state index contributed by atoms with van der Waals surface area (Å²) in [6.45, 7) is 4.07. The van der Waals surface area contributed by atoms with Crippen molar-refractivity contribution in [3.05, 3.63) is 0 Å². The van der Waals surface area contributed by atoms with E-state index in [1.54, 1.807) is 0 Å². The van der Waals surface area contributed by atoms with Crippen LogP contribution in [0.25, 0.3) is 0 Å². The molecule has 1 saturated carbocycles. The van der Waals surface area contributed by atoms with Crippen LogP contribution in [0.15, 0.2) is 5.16 Å². The molecule has 1 rings (SSSR count). The van der Waals surface area contributed by atoms with E-state index >= 15 is 0 Å². The van der Waals surface area contributed by atoms with Gasteiger partial charge in [0.2, 0.25) is 0 Å². The van der Waals surface area contributed by atoms with Crippen LogP contribution in [0.5, 0.6) is 0 Å². The number of unbranched alkanes of at least 4 members (excludes halogenated alkanes) is 2. The van der Waals surface area contributed by atoms with Crippen molar-refractivity contribution in [2.24, 2.45) is 5.16 Å². The Morgan fingerprint density at radius 1 is 1.28 bits per heavy atom. The number of amides is 1. The molecular formula is C14H26N2O2. The van der Waals surface area contributed by atoms with E-state index in [1.807, 2.05) is 6.92 Å². The summed E-state index contributed by atoms with van der Waals surface area (Å²) in [5.74, 6) is 0. The third-order valence-electron chi connectivity index (χ3n) is 3.35. The number of nitrogens with one attached hydrogen (secondary N) is 1. The quantitative estimate of drug-likeness (QED) is 0.337. The largest absolute Gasteiger partial charge is 0.433 e. The minimum Gasteiger partial charge on any atom is -0.317 e. The molecule has 0 saturated heterocycles. The zero-order valence-electron chi connectivity index (χ0n) is 11.7. The van der Waals surface area contributed by atoms with E-state index in [-0.39, 0.29) is 6.04 Å². The maximum absolute atomic E-state index is 11.5. The van der Waals surface area contributed by atoms with Gasteiger partial charge in [-0.3, -0.25) is 4.84 Å². The summed E-state index contributed by atoms with van der Waals surface area (Å²) in [6, 6.07) is 0.279. The van der Waals surface area contributed by atoms with Gasteiger partial charge in [-0.2, -0.15) is 0 Å². The highest BCUT2D eigenvalue weighted by Gasteiger charge is 2.16. The van der Waals surface area contributed by atoms with Crippen LogP contribution in [0.1, 0.15) is 71.6 Å². The fourth-order valence-corrected chi connectivity index (χ4v) is 2.24. The Labute approximate surface area is 110 Å². The van der Waals surface area contributed by atoms with Crippen LogP contribution in [0.3, 0.4) is 0 Å². The minimum absolute atomic E-state index is 0.279. The first-order valence-corrected chi connectivity index (χ1v) is 7.23. The smallest absolute Gasteiger partial charge is 0.317 e. The molecule has 0 heterocycles. The SMILES string of the molecule is CCCCCC(C)=NOC(=O)NC1CCCCC1. The van der Waals surface area contributed by atoms with Gasteiger partial charge in [-0.1, -0.05) is 44.2 Å². The molecular weight excluding hydrogens is 228 g/mol. The molecule has 1 N–H and O–H groups in total. The Morgan fingerprint density at radius 2 is 2.00 bits per heavy atom. The molecule has 4 nitrogen and oxygen atoms in total. The van der Waals surface area contributed by atoms with Crippen LogP contribution in [0.2, 0.25) is 0 Å². The summed E-state index contributed by atoms with van der Waals surface area (Å²) < 4.78 is 0. The monoisotopic (exact) mass is 254 g/mol. The second-order valence-electron chi connectivity index (χ2n) is 5.14. The predicted octanol–water partition coefficient (Wildman–Crippen LogP) is 4.00. The van der Waals surface area contributed by atoms with Crippen molar-refractivity contribution in [2.75, 3.05) is 0 Å². The van der Waals surface area contributed by atoms with Gasteiger partial charge in [0, 0.05) is 6.04 Å². The molecule has 0 aliphatic heterocycles. The maximum atomic E-state index is 11.5. The summed E-state index contributed by atoms with van der Waals surface area (Å²) in [5.41, 5.74) is 0.891. The van der Waals surface area contributed by atoms with Crippen molar-refractivity contribution >= 4 is 11.8 Å². The fraction of sp³-hybridized carbons (Fsp3) is 0.857. The van der Waals surface area contributed by atoms with Crippen molar-refractivity contribution < 1.29 is 9.63 Å². The average Bonchev–Trinajstić information content (AvgIpc) is 2.38. The van der Waals surface area contributed by atoms with Crippen LogP contribution in [-0.4, -0.2) is 17.8 Å². The van der Waals surface area contributed by atoms with Crippen LogP contribution < -0.4 is 5.32 Å². The molecule has 1 amide bonds. The van der Waals surface area contributed by atoms with Crippen molar-refractivity contribution in [1.29, 1.82) is 0 Å². The van der Waals surface area contributed by atoms with E-state index in [2.05, 4.69) is 17.4 Å². The summed E-state index contributed by atoms with van der Waals surface area (Å²) >= 11 is 0. The van der Waals surface area contributed by atoms with Gasteiger partial charge in [0.05, 0.1) is 5.71 Å². The van der Waals surface area contributed by atoms with Crippen LogP contribution in [0.4, 0.5) is 4.79 Å². The van der Waals surface area contributed by atoms with E-state index in [0.29, 0.717) is 0 Å². The molecule has 4 heteroatoms. The normalized spacial score (nSPS) is 17.6. The highest BCUT2D eigenvalue weighted by Crippen LogP contribution is 2.17. The molecule has 1 aliphatic carbocycles. The topological polar surface area (TPSA) is 50.7 Å². The molecule has 1 fully saturated rings. The molecule has 104 valence electrons. The third kappa shape index (κ3) is 6.62. The number of rotatable bonds is 6. The summed E-state index contributed by atoms with van der Waals surface area (Å²) in [6.07, 6.45) is 9.80. The third-order valence-corrected chi connectivity index (χ3v) is 3.35. The number of hydrogen-bond acceptors (Lipinski definition) is 3. The van der Waals surface area contributed by atoms with E-state index in [0.717, 1.165) is 31.4 Å². The van der Waals surface area contributed by atoms with Gasteiger partial charge in [0.15, 0.2) is 0 Å². The lowest BCUT2D eigenvalue weighted by molar-refractivity contribution is 0.143. The fourth-order valence-electron chi connectivity index (χ4n) is 2.24. The molecule has 0 bridgehead atoms. The van der Waals surface area contributed by atoms with Gasteiger partial charge in [0.1, 0.15) is 0 Å². The van der Waals surface area contributed by atoms with Crippen LogP contribution in [-0.2, 0) is 4.84 Å². The zero-order chi connectivity index (χ0) is 13.2. The lowest BCUT2D eigenvalue weighted by Gasteiger charge is -2.21. The molecule has 0 aromatic rings. The van der Waals surface area contributed by atoms with Crippen LogP contribution in [0, 0.1) is 0 Å². The van der Waals surface area contributed by atoms with Crippen LogP contribution >= 0.6 is 0 Å². The van der Waals surface area contributed by atoms with Crippen molar-refractivity contribution in [2.45, 2.75) is 77.7 Å². The van der Waals surface area contributed by atoms with Gasteiger partial charge in [-0.25, -0.2) is 4.79 Å². The van der Waals surface area contributed by atoms with Gasteiger partial charge in [-0.05, 0) is 32.6 Å². The summed E-state index contributed by atoms with van der Waals surface area (Å²) in [4.78, 5) is 16.4. The summed E-state index contributed by atoms with van der Waals surface area (Å²) in [5, 5.41) is 6.74. The first-order valence-electron chi connectivity index (χ1n) is 7.23. The minimum atomic E-state index is -0.406. The van der Waals surface area contributed by atoms with Crippen molar-refractivity contribution in [3.8, 4) is 0 Å². The van der Waals surface area contributed by atoms with E-state index < -0.39 is 6.09 Å². The molecule has 0 spiro atoms. The molecule has 0 aromatic heterocycles. The Balaban J connectivity index is 2.16. The molecule has 1 aliphatic rings. The number of oxime groups is 1. The first kappa shape index (κ1) is 15.0. The zero-order valence-corrected chi connectivity index (χ0v) is 11.7. The highest BCUT2D eigenvalue weighted by molar-refractivity contribution is 5.82. The number of nitrogens with zero attached hydrogens (tertiary/aromatic N) is 1. The van der Waals surface area contributed by atoms with Crippen molar-refractivity contribution in [1.82, 2.24) is 5.32 Å². The number of hydrogen-bond donors (Lipinski definition) is 1. The molecule has 0 atom stereocenters. The number of carbonyl (C=O) groups is 1. The average molecular weight is 254 g/mol. The van der Waals surface area contributed by atoms with Crippen molar-refractivity contribution in [3.63, 3.8) is 0 Å². The molecule has 0 aromatic carbocycles. The van der Waals surface area contributed by atoms with Gasteiger partial charge in [0.25, 0.3) is 0 Å². The lowest BCUT2D eigenvalue weighted by Crippen LogP contribution is -2.35. The Hall–Kier alpha value is -1.06. The number of carbonyl (C=O) groups excluding carboxylic acids is 1. The summed E-state index contributed by atoms with van der Waals surface area (Å²) in [7, 11) is 0. The van der Waals surface area contributed by atoms with Gasteiger partial charge in [-0.15, -0.1) is 0 Å². The van der Waals surface area contributed by atoms with E-state index in [1.165, 1.54) is 32.1 Å². The maximum Gasteiger partial charge on any atom is 0.433 e. The second kappa shape index (κ2) is 8.95. The Bertz CT molecular complexity index is 271. The van der Waals surface area contributed by atoms with E-state index in [9.17, 15) is 4.79 Å². The standard InChI is InChI=1S/C14H26N2O2/c1-3-4-6-9-12(2)16-18-14(17)15-13-10-7-5-8-11-13/h13H,3-11H2,1-2H3,(H,15,17).